The van der Waals surface area contributed by atoms with Crippen LogP contribution in [0.5, 0.6) is 0 Å². The minimum atomic E-state index is -0.575. The molecular formula is C18H27F2NO2. The monoisotopic (exact) mass is 327 g/mol. The molecule has 2 atom stereocenters. The van der Waals surface area contributed by atoms with Gasteiger partial charge in [0.05, 0.1) is 24.9 Å². The topological polar surface area (TPSA) is 30.5 Å². The van der Waals surface area contributed by atoms with Crippen molar-refractivity contribution < 1.29 is 18.4 Å². The van der Waals surface area contributed by atoms with Gasteiger partial charge in [0.15, 0.2) is 0 Å². The Labute approximate surface area is 137 Å². The summed E-state index contributed by atoms with van der Waals surface area (Å²) >= 11 is 0. The van der Waals surface area contributed by atoms with Crippen molar-refractivity contribution in [3.05, 3.63) is 35.4 Å². The van der Waals surface area contributed by atoms with Crippen LogP contribution in [0.4, 0.5) is 8.78 Å². The van der Waals surface area contributed by atoms with Gasteiger partial charge >= 0.3 is 0 Å². The molecule has 130 valence electrons. The molecule has 2 unspecified atom stereocenters. The van der Waals surface area contributed by atoms with Crippen LogP contribution in [-0.2, 0) is 16.2 Å². The van der Waals surface area contributed by atoms with E-state index in [1.807, 2.05) is 0 Å². The number of hydrogen-bond acceptors (Lipinski definition) is 3. The largest absolute Gasteiger partial charge is 0.375 e. The quantitative estimate of drug-likeness (QED) is 0.871. The summed E-state index contributed by atoms with van der Waals surface area (Å²) in [5.41, 5.74) is 2.66. The van der Waals surface area contributed by atoms with Crippen LogP contribution < -0.4 is 5.48 Å². The van der Waals surface area contributed by atoms with E-state index in [1.54, 1.807) is 0 Å². The molecule has 0 saturated carbocycles. The zero-order chi connectivity index (χ0) is 17.1. The molecular weight excluding hydrogens is 300 g/mol. The second-order valence-electron chi connectivity index (χ2n) is 7.31. The Morgan fingerprint density at radius 3 is 2.43 bits per heavy atom. The van der Waals surface area contributed by atoms with Crippen molar-refractivity contribution in [2.75, 3.05) is 6.61 Å². The Morgan fingerprint density at radius 2 is 1.96 bits per heavy atom. The van der Waals surface area contributed by atoms with Crippen LogP contribution in [0.15, 0.2) is 18.2 Å². The van der Waals surface area contributed by atoms with Crippen molar-refractivity contribution in [3.63, 3.8) is 0 Å². The van der Waals surface area contributed by atoms with Gasteiger partial charge in [-0.3, -0.25) is 4.84 Å². The van der Waals surface area contributed by atoms with E-state index in [2.05, 4.69) is 33.2 Å². The Bertz CT molecular complexity index is 500. The highest BCUT2D eigenvalue weighted by atomic mass is 19.1. The third kappa shape index (κ3) is 4.08. The number of hydrogen-bond donors (Lipinski definition) is 1. The van der Waals surface area contributed by atoms with E-state index in [0.29, 0.717) is 6.61 Å². The summed E-state index contributed by atoms with van der Waals surface area (Å²) in [6, 6.07) is 3.84. The molecule has 1 heterocycles. The second kappa shape index (κ2) is 7.24. The van der Waals surface area contributed by atoms with Crippen LogP contribution in [-0.4, -0.2) is 18.2 Å². The van der Waals surface area contributed by atoms with Gasteiger partial charge in [0.2, 0.25) is 0 Å². The molecule has 0 aliphatic carbocycles. The van der Waals surface area contributed by atoms with Gasteiger partial charge in [-0.25, -0.2) is 8.78 Å². The van der Waals surface area contributed by atoms with Crippen LogP contribution in [0.3, 0.4) is 0 Å². The third-order valence-corrected chi connectivity index (χ3v) is 4.86. The molecule has 5 heteroatoms. The van der Waals surface area contributed by atoms with Crippen LogP contribution >= 0.6 is 0 Å². The zero-order valence-corrected chi connectivity index (χ0v) is 14.4. The van der Waals surface area contributed by atoms with Crippen LogP contribution in [0.2, 0.25) is 0 Å². The molecule has 0 radical (unpaired) electrons. The Kier molecular flexibility index (Phi) is 5.76. The summed E-state index contributed by atoms with van der Waals surface area (Å²) in [5.74, 6) is -1.15. The van der Waals surface area contributed by atoms with E-state index in [-0.39, 0.29) is 29.2 Å². The lowest BCUT2D eigenvalue weighted by Gasteiger charge is -2.48. The molecule has 1 fully saturated rings. The smallest absolute Gasteiger partial charge is 0.131 e. The van der Waals surface area contributed by atoms with Gasteiger partial charge in [-0.1, -0.05) is 33.8 Å². The van der Waals surface area contributed by atoms with Crippen molar-refractivity contribution >= 4 is 0 Å². The van der Waals surface area contributed by atoms with Crippen molar-refractivity contribution in [2.24, 2.45) is 5.41 Å². The fourth-order valence-electron chi connectivity index (χ4n) is 2.84. The molecule has 0 amide bonds. The lowest BCUT2D eigenvalue weighted by Crippen LogP contribution is -2.61. The van der Waals surface area contributed by atoms with Crippen molar-refractivity contribution in [3.8, 4) is 0 Å². The van der Waals surface area contributed by atoms with E-state index in [9.17, 15) is 8.78 Å². The predicted octanol–water partition coefficient (Wildman–Crippen LogP) is 4.36. The normalized spacial score (nSPS) is 25.6. The molecule has 0 aromatic heterocycles. The molecule has 1 aliphatic rings. The van der Waals surface area contributed by atoms with Crippen LogP contribution in [0.1, 0.15) is 52.5 Å². The number of benzene rings is 1. The first-order valence-electron chi connectivity index (χ1n) is 8.22. The number of ether oxygens (including phenoxy) is 1. The number of halogens is 2. The van der Waals surface area contributed by atoms with E-state index < -0.39 is 11.6 Å². The predicted molar refractivity (Wildman–Crippen MR) is 85.7 cm³/mol. The van der Waals surface area contributed by atoms with Crippen molar-refractivity contribution in [1.82, 2.24) is 5.48 Å². The second-order valence-corrected chi connectivity index (χ2v) is 7.31. The highest BCUT2D eigenvalue weighted by molar-refractivity contribution is 5.18. The zero-order valence-electron chi connectivity index (χ0n) is 14.4. The summed E-state index contributed by atoms with van der Waals surface area (Å²) in [7, 11) is 0. The first-order valence-corrected chi connectivity index (χ1v) is 8.22. The minimum Gasteiger partial charge on any atom is -0.375 e. The SMILES string of the molecule is CCC1CCC(COCc2c(F)cccc2F)(C(C)(C)C)NO1. The van der Waals surface area contributed by atoms with Gasteiger partial charge in [0.25, 0.3) is 0 Å². The van der Waals surface area contributed by atoms with Gasteiger partial charge in [0, 0.05) is 5.56 Å². The molecule has 2 rings (SSSR count). The van der Waals surface area contributed by atoms with E-state index in [1.165, 1.54) is 18.2 Å². The fraction of sp³-hybridized carbons (Fsp3) is 0.667. The maximum Gasteiger partial charge on any atom is 0.131 e. The number of nitrogens with one attached hydrogen (secondary N) is 1. The maximum absolute atomic E-state index is 13.7. The summed E-state index contributed by atoms with van der Waals surface area (Å²) in [5, 5.41) is 0. The van der Waals surface area contributed by atoms with Gasteiger partial charge in [-0.15, -0.1) is 0 Å². The lowest BCUT2D eigenvalue weighted by atomic mass is 9.71. The van der Waals surface area contributed by atoms with Crippen LogP contribution in [0, 0.1) is 17.0 Å². The van der Waals surface area contributed by atoms with E-state index >= 15 is 0 Å². The van der Waals surface area contributed by atoms with E-state index in [0.717, 1.165) is 19.3 Å². The molecule has 1 saturated heterocycles. The molecule has 0 spiro atoms. The third-order valence-electron chi connectivity index (χ3n) is 4.86. The number of hydroxylamine groups is 1. The fourth-order valence-corrected chi connectivity index (χ4v) is 2.84. The molecule has 23 heavy (non-hydrogen) atoms. The van der Waals surface area contributed by atoms with Gasteiger partial charge in [-0.05, 0) is 36.8 Å². The average molecular weight is 327 g/mol. The maximum atomic E-state index is 13.7. The Morgan fingerprint density at radius 1 is 1.30 bits per heavy atom. The summed E-state index contributed by atoms with van der Waals surface area (Å²) in [4.78, 5) is 5.74. The lowest BCUT2D eigenvalue weighted by molar-refractivity contribution is -0.168. The molecule has 0 bridgehead atoms. The number of rotatable bonds is 5. The van der Waals surface area contributed by atoms with Crippen molar-refractivity contribution in [1.29, 1.82) is 0 Å². The van der Waals surface area contributed by atoms with Gasteiger partial charge in [0.1, 0.15) is 11.6 Å². The Hall–Kier alpha value is -1.04. The van der Waals surface area contributed by atoms with Crippen LogP contribution in [0.25, 0.3) is 0 Å². The molecule has 1 aromatic carbocycles. The first kappa shape index (κ1) is 18.3. The highest BCUT2D eigenvalue weighted by Crippen LogP contribution is 2.38. The van der Waals surface area contributed by atoms with E-state index in [4.69, 9.17) is 9.57 Å². The van der Waals surface area contributed by atoms with Gasteiger partial charge < -0.3 is 4.74 Å². The standard InChI is InChI=1S/C18H27F2NO2/c1-5-13-9-10-18(21-23-13,17(2,3)4)12-22-11-14-15(19)7-6-8-16(14)20/h6-8,13,21H,5,9-12H2,1-4H3. The molecule has 1 N–H and O–H groups in total. The Balaban J connectivity index is 2.03. The highest BCUT2D eigenvalue weighted by Gasteiger charge is 2.45. The summed E-state index contributed by atoms with van der Waals surface area (Å²) in [6.07, 6.45) is 3.00. The first-order chi connectivity index (χ1) is 10.8. The summed E-state index contributed by atoms with van der Waals surface area (Å²) in [6.45, 7) is 8.68. The average Bonchev–Trinajstić information content (AvgIpc) is 2.50. The molecule has 3 nitrogen and oxygen atoms in total. The molecule has 1 aliphatic heterocycles. The minimum absolute atomic E-state index is 0.0280. The molecule has 1 aromatic rings. The summed E-state index contributed by atoms with van der Waals surface area (Å²) < 4.78 is 33.1. The van der Waals surface area contributed by atoms with Gasteiger partial charge in [-0.2, -0.15) is 5.48 Å². The van der Waals surface area contributed by atoms with Crippen molar-refractivity contribution in [2.45, 2.75) is 65.2 Å².